The molecular formula is C4H8Cl2S. The SMILES string of the molecule is CCSCC(Cl)Cl. The topological polar surface area (TPSA) is 0 Å². The molecule has 7 heavy (non-hydrogen) atoms. The third-order valence-electron chi connectivity index (χ3n) is 0.448. The van der Waals surface area contributed by atoms with Crippen LogP contribution in [0, 0.1) is 0 Å². The molecule has 0 atom stereocenters. The standard InChI is InChI=1S/C4H8Cl2S/c1-2-7-3-4(5)6/h4H,2-3H2,1H3. The van der Waals surface area contributed by atoms with Crippen LogP contribution in [0.15, 0.2) is 0 Å². The van der Waals surface area contributed by atoms with E-state index >= 15 is 0 Å². The van der Waals surface area contributed by atoms with Crippen LogP contribution in [0.2, 0.25) is 0 Å². The van der Waals surface area contributed by atoms with Crippen LogP contribution >= 0.6 is 35.0 Å². The molecule has 0 aliphatic rings. The van der Waals surface area contributed by atoms with Gasteiger partial charge in [0.1, 0.15) is 4.84 Å². The summed E-state index contributed by atoms with van der Waals surface area (Å²) in [4.78, 5) is -0.190. The predicted molar refractivity (Wildman–Crippen MR) is 38.5 cm³/mol. The van der Waals surface area contributed by atoms with Crippen LogP contribution in [0.4, 0.5) is 0 Å². The molecule has 0 heterocycles. The Morgan fingerprint density at radius 1 is 1.57 bits per heavy atom. The monoisotopic (exact) mass is 158 g/mol. The van der Waals surface area contributed by atoms with Gasteiger partial charge in [-0.1, -0.05) is 6.92 Å². The lowest BCUT2D eigenvalue weighted by Gasteiger charge is -1.94. The fourth-order valence-corrected chi connectivity index (χ4v) is 1.16. The minimum atomic E-state index is -0.190. The summed E-state index contributed by atoms with van der Waals surface area (Å²) < 4.78 is 0. The second-order valence-electron chi connectivity index (χ2n) is 1.05. The first kappa shape index (κ1) is 7.93. The van der Waals surface area contributed by atoms with E-state index in [-0.39, 0.29) is 4.84 Å². The van der Waals surface area contributed by atoms with Gasteiger partial charge in [-0.3, -0.25) is 0 Å². The fourth-order valence-electron chi connectivity index (χ4n) is 0.207. The van der Waals surface area contributed by atoms with E-state index in [9.17, 15) is 0 Å². The summed E-state index contributed by atoms with van der Waals surface area (Å²) in [7, 11) is 0. The molecule has 0 rings (SSSR count). The minimum absolute atomic E-state index is 0.190. The van der Waals surface area contributed by atoms with Crippen LogP contribution in [0.25, 0.3) is 0 Å². The first-order valence-electron chi connectivity index (χ1n) is 2.13. The van der Waals surface area contributed by atoms with E-state index in [4.69, 9.17) is 23.2 Å². The predicted octanol–water partition coefficient (Wildman–Crippen LogP) is 2.54. The van der Waals surface area contributed by atoms with Crippen molar-refractivity contribution in [1.82, 2.24) is 0 Å². The summed E-state index contributed by atoms with van der Waals surface area (Å²) in [5.74, 6) is 1.94. The highest BCUT2D eigenvalue weighted by atomic mass is 35.5. The number of alkyl halides is 2. The van der Waals surface area contributed by atoms with Crippen LogP contribution in [-0.4, -0.2) is 16.3 Å². The van der Waals surface area contributed by atoms with Crippen LogP contribution < -0.4 is 0 Å². The Bertz CT molecular complexity index is 38.7. The van der Waals surface area contributed by atoms with Gasteiger partial charge < -0.3 is 0 Å². The summed E-state index contributed by atoms with van der Waals surface area (Å²) >= 11 is 12.6. The Morgan fingerprint density at radius 2 is 2.14 bits per heavy atom. The lowest BCUT2D eigenvalue weighted by atomic mass is 10.9. The van der Waals surface area contributed by atoms with Gasteiger partial charge in [-0.05, 0) is 5.75 Å². The number of halogens is 2. The van der Waals surface area contributed by atoms with Crippen LogP contribution in [0.1, 0.15) is 6.92 Å². The van der Waals surface area contributed by atoms with Crippen LogP contribution in [0.3, 0.4) is 0 Å². The highest BCUT2D eigenvalue weighted by Crippen LogP contribution is 2.09. The molecule has 0 N–H and O–H groups in total. The Hall–Kier alpha value is 0.930. The van der Waals surface area contributed by atoms with E-state index < -0.39 is 0 Å². The Labute approximate surface area is 58.6 Å². The average molecular weight is 159 g/mol. The zero-order chi connectivity index (χ0) is 5.70. The quantitative estimate of drug-likeness (QED) is 0.570. The van der Waals surface area contributed by atoms with Gasteiger partial charge in [-0.2, -0.15) is 11.8 Å². The van der Waals surface area contributed by atoms with E-state index in [1.54, 1.807) is 11.8 Å². The van der Waals surface area contributed by atoms with E-state index in [1.807, 2.05) is 0 Å². The molecule has 0 unspecified atom stereocenters. The highest BCUT2D eigenvalue weighted by molar-refractivity contribution is 7.99. The first-order valence-corrected chi connectivity index (χ1v) is 4.16. The molecule has 0 aromatic heterocycles. The van der Waals surface area contributed by atoms with Crippen LogP contribution in [0.5, 0.6) is 0 Å². The summed E-state index contributed by atoms with van der Waals surface area (Å²) in [5, 5.41) is 0. The molecule has 0 amide bonds. The van der Waals surface area contributed by atoms with Crippen molar-refractivity contribution in [3.63, 3.8) is 0 Å². The van der Waals surface area contributed by atoms with Crippen molar-refractivity contribution in [2.45, 2.75) is 11.8 Å². The van der Waals surface area contributed by atoms with Crippen molar-refractivity contribution in [3.05, 3.63) is 0 Å². The maximum Gasteiger partial charge on any atom is 0.116 e. The Morgan fingerprint density at radius 3 is 2.29 bits per heavy atom. The minimum Gasteiger partial charge on any atom is -0.159 e. The fraction of sp³-hybridized carbons (Fsp3) is 1.00. The van der Waals surface area contributed by atoms with Crippen molar-refractivity contribution < 1.29 is 0 Å². The summed E-state index contributed by atoms with van der Waals surface area (Å²) in [5.41, 5.74) is 0. The number of rotatable bonds is 3. The summed E-state index contributed by atoms with van der Waals surface area (Å²) in [6.45, 7) is 2.08. The van der Waals surface area contributed by atoms with Gasteiger partial charge >= 0.3 is 0 Å². The molecule has 3 heteroatoms. The molecule has 0 saturated heterocycles. The maximum absolute atomic E-state index is 5.40. The van der Waals surface area contributed by atoms with Gasteiger partial charge in [0.05, 0.1) is 0 Å². The lowest BCUT2D eigenvalue weighted by molar-refractivity contribution is 1.39. The largest absolute Gasteiger partial charge is 0.159 e. The van der Waals surface area contributed by atoms with Gasteiger partial charge in [0, 0.05) is 5.75 Å². The lowest BCUT2D eigenvalue weighted by Crippen LogP contribution is -1.89. The third-order valence-corrected chi connectivity index (χ3v) is 2.10. The number of hydrogen-bond acceptors (Lipinski definition) is 1. The second kappa shape index (κ2) is 5.07. The molecule has 0 aliphatic heterocycles. The number of thioether (sulfide) groups is 1. The molecule has 0 aromatic rings. The molecule has 0 aromatic carbocycles. The Balaban J connectivity index is 2.68. The van der Waals surface area contributed by atoms with Crippen molar-refractivity contribution >= 4 is 35.0 Å². The van der Waals surface area contributed by atoms with E-state index in [1.165, 1.54) is 0 Å². The Kier molecular flexibility index (Phi) is 5.75. The summed E-state index contributed by atoms with van der Waals surface area (Å²) in [6.07, 6.45) is 0. The molecule has 0 nitrogen and oxygen atoms in total. The zero-order valence-electron chi connectivity index (χ0n) is 4.16. The molecule has 0 fully saturated rings. The first-order chi connectivity index (χ1) is 3.27. The molecule has 0 radical (unpaired) electrons. The molecule has 0 saturated carbocycles. The molecule has 0 spiro atoms. The highest BCUT2D eigenvalue weighted by Gasteiger charge is 1.94. The molecule has 0 bridgehead atoms. The van der Waals surface area contributed by atoms with Crippen molar-refractivity contribution in [1.29, 1.82) is 0 Å². The van der Waals surface area contributed by atoms with E-state index in [0.717, 1.165) is 11.5 Å². The third kappa shape index (κ3) is 6.93. The zero-order valence-corrected chi connectivity index (χ0v) is 6.48. The van der Waals surface area contributed by atoms with Gasteiger partial charge in [-0.25, -0.2) is 0 Å². The molecule has 0 aliphatic carbocycles. The average Bonchev–Trinajstić information content (AvgIpc) is 1.61. The van der Waals surface area contributed by atoms with Gasteiger partial charge in [0.2, 0.25) is 0 Å². The van der Waals surface area contributed by atoms with Crippen molar-refractivity contribution in [3.8, 4) is 0 Å². The van der Waals surface area contributed by atoms with E-state index in [2.05, 4.69) is 6.92 Å². The van der Waals surface area contributed by atoms with Gasteiger partial charge in [0.15, 0.2) is 0 Å². The number of hydrogen-bond donors (Lipinski definition) is 0. The molecule has 44 valence electrons. The summed E-state index contributed by atoms with van der Waals surface area (Å²) in [6, 6.07) is 0. The maximum atomic E-state index is 5.40. The molecular weight excluding hydrogens is 151 g/mol. The van der Waals surface area contributed by atoms with E-state index in [0.29, 0.717) is 0 Å². The van der Waals surface area contributed by atoms with Gasteiger partial charge in [0.25, 0.3) is 0 Å². The second-order valence-corrected chi connectivity index (χ2v) is 3.65. The normalized spacial score (nSPS) is 10.3. The van der Waals surface area contributed by atoms with Crippen molar-refractivity contribution in [2.24, 2.45) is 0 Å². The van der Waals surface area contributed by atoms with Crippen LogP contribution in [-0.2, 0) is 0 Å². The van der Waals surface area contributed by atoms with Gasteiger partial charge in [-0.15, -0.1) is 23.2 Å². The smallest absolute Gasteiger partial charge is 0.116 e. The van der Waals surface area contributed by atoms with Crippen molar-refractivity contribution in [2.75, 3.05) is 11.5 Å².